The lowest BCUT2D eigenvalue weighted by molar-refractivity contribution is -0.765. The van der Waals surface area contributed by atoms with Gasteiger partial charge in [-0.25, -0.2) is 9.59 Å². The van der Waals surface area contributed by atoms with Crippen LogP contribution < -0.4 is 10.3 Å². The number of carbonyl (C=O) groups is 3. The Morgan fingerprint density at radius 3 is 2.14 bits per heavy atom. The Labute approximate surface area is 213 Å². The molecular formula is C28H25N2O7+. The molecule has 9 nitrogen and oxygen atoms in total. The fraction of sp³-hybridized carbons (Fsp3) is 0.214. The molecule has 37 heavy (non-hydrogen) atoms. The molecule has 188 valence electrons. The van der Waals surface area contributed by atoms with E-state index in [1.54, 1.807) is 83.6 Å². The zero-order valence-corrected chi connectivity index (χ0v) is 19.8. The van der Waals surface area contributed by atoms with E-state index in [0.29, 0.717) is 11.1 Å². The Morgan fingerprint density at radius 2 is 1.51 bits per heavy atom. The molecule has 2 aromatic carbocycles. The highest BCUT2D eigenvalue weighted by Crippen LogP contribution is 2.32. The van der Waals surface area contributed by atoms with Crippen LogP contribution in [0.4, 0.5) is 0 Å². The Hall–Kier alpha value is -4.52. The molecule has 1 saturated heterocycles. The summed E-state index contributed by atoms with van der Waals surface area (Å²) in [5.41, 5.74) is 6.36. The van der Waals surface area contributed by atoms with Crippen LogP contribution in [-0.4, -0.2) is 49.4 Å². The summed E-state index contributed by atoms with van der Waals surface area (Å²) in [7, 11) is 0. The lowest BCUT2D eigenvalue weighted by Crippen LogP contribution is -2.48. The Bertz CT molecular complexity index is 1290. The van der Waals surface area contributed by atoms with Crippen LogP contribution in [0.5, 0.6) is 0 Å². The van der Waals surface area contributed by atoms with Crippen LogP contribution in [0.25, 0.3) is 0 Å². The first-order valence-corrected chi connectivity index (χ1v) is 11.5. The van der Waals surface area contributed by atoms with Crippen molar-refractivity contribution in [2.75, 3.05) is 13.2 Å². The number of rotatable bonds is 9. The number of hydrogen-bond donors (Lipinski definition) is 1. The van der Waals surface area contributed by atoms with Crippen LogP contribution in [0.15, 0.2) is 85.2 Å². The highest BCUT2D eigenvalue weighted by molar-refractivity contribution is 5.92. The van der Waals surface area contributed by atoms with Gasteiger partial charge in [0.1, 0.15) is 31.0 Å². The summed E-state index contributed by atoms with van der Waals surface area (Å²) in [6.45, 7) is -0.301. The molecule has 9 heteroatoms. The summed E-state index contributed by atoms with van der Waals surface area (Å²) in [4.78, 5) is 37.3. The quantitative estimate of drug-likeness (QED) is 0.271. The third-order valence-electron chi connectivity index (χ3n) is 5.69. The minimum Gasteiger partial charge on any atom is -0.459 e. The van der Waals surface area contributed by atoms with Crippen LogP contribution in [0.2, 0.25) is 0 Å². The van der Waals surface area contributed by atoms with Crippen molar-refractivity contribution in [1.29, 1.82) is 0 Å². The second kappa shape index (κ2) is 11.9. The van der Waals surface area contributed by atoms with Gasteiger partial charge < -0.3 is 24.7 Å². The molecule has 0 spiro atoms. The standard InChI is InChI=1S/C28H24N2O7/c1-2-16-34-23-22(18-35-27(32)19-10-5-3-6-11-19)36-26(30-15-9-14-21(17-30)25(29)31)24(23)37-28(33)20-12-7-4-8-13-20/h1,3-15,17,22-24,26H,16,18H2,(H-,29,31)/p+1/t22-,23-,24-,26-/m1/s1. The van der Waals surface area contributed by atoms with Gasteiger partial charge in [-0.3, -0.25) is 4.79 Å². The molecule has 0 unspecified atom stereocenters. The zero-order valence-electron chi connectivity index (χ0n) is 19.8. The number of esters is 2. The van der Waals surface area contributed by atoms with Gasteiger partial charge in [0.25, 0.3) is 5.91 Å². The minimum atomic E-state index is -1.00. The number of ether oxygens (including phenoxy) is 4. The van der Waals surface area contributed by atoms with Crippen molar-refractivity contribution in [1.82, 2.24) is 0 Å². The second-order valence-electron chi connectivity index (χ2n) is 8.15. The van der Waals surface area contributed by atoms with E-state index in [4.69, 9.17) is 31.1 Å². The van der Waals surface area contributed by atoms with E-state index in [0.717, 1.165) is 0 Å². The summed E-state index contributed by atoms with van der Waals surface area (Å²) in [5.74, 6) is 0.595. The Kier molecular flexibility index (Phi) is 8.26. The smallest absolute Gasteiger partial charge is 0.338 e. The summed E-state index contributed by atoms with van der Waals surface area (Å²) >= 11 is 0. The summed E-state index contributed by atoms with van der Waals surface area (Å²) < 4.78 is 24.9. The number of terminal acetylenes is 1. The van der Waals surface area contributed by atoms with Gasteiger partial charge in [-0.1, -0.05) is 42.3 Å². The molecule has 1 aromatic heterocycles. The molecule has 0 saturated carbocycles. The van der Waals surface area contributed by atoms with Gasteiger partial charge in [0, 0.05) is 6.07 Å². The van der Waals surface area contributed by atoms with E-state index in [-0.39, 0.29) is 18.8 Å². The fourth-order valence-corrected chi connectivity index (χ4v) is 3.93. The van der Waals surface area contributed by atoms with Gasteiger partial charge in [0.15, 0.2) is 12.4 Å². The number of aromatic nitrogens is 1. The lowest BCUT2D eigenvalue weighted by Gasteiger charge is -2.22. The zero-order chi connectivity index (χ0) is 26.2. The highest BCUT2D eigenvalue weighted by Gasteiger charge is 2.53. The van der Waals surface area contributed by atoms with Crippen molar-refractivity contribution in [3.63, 3.8) is 0 Å². The largest absolute Gasteiger partial charge is 0.459 e. The van der Waals surface area contributed by atoms with Crippen molar-refractivity contribution in [3.05, 3.63) is 102 Å². The first kappa shape index (κ1) is 25.6. The van der Waals surface area contributed by atoms with E-state index in [9.17, 15) is 14.4 Å². The van der Waals surface area contributed by atoms with Gasteiger partial charge >= 0.3 is 18.2 Å². The average Bonchev–Trinajstić information content (AvgIpc) is 3.28. The van der Waals surface area contributed by atoms with E-state index in [1.165, 1.54) is 6.20 Å². The monoisotopic (exact) mass is 501 g/mol. The van der Waals surface area contributed by atoms with Crippen molar-refractivity contribution >= 4 is 17.8 Å². The van der Waals surface area contributed by atoms with E-state index in [1.807, 2.05) is 0 Å². The molecule has 1 amide bonds. The van der Waals surface area contributed by atoms with Crippen LogP contribution >= 0.6 is 0 Å². The maximum Gasteiger partial charge on any atom is 0.338 e. The molecule has 2 N–H and O–H groups in total. The van der Waals surface area contributed by atoms with Crippen LogP contribution in [0.1, 0.15) is 37.3 Å². The van der Waals surface area contributed by atoms with Crippen molar-refractivity contribution in [2.45, 2.75) is 24.5 Å². The maximum atomic E-state index is 13.0. The predicted octanol–water partition coefficient (Wildman–Crippen LogP) is 2.07. The van der Waals surface area contributed by atoms with Crippen molar-refractivity contribution in [2.24, 2.45) is 5.73 Å². The number of amides is 1. The van der Waals surface area contributed by atoms with Gasteiger partial charge in [-0.2, -0.15) is 4.57 Å². The number of carbonyl (C=O) groups excluding carboxylic acids is 3. The van der Waals surface area contributed by atoms with Gasteiger partial charge in [0.2, 0.25) is 6.10 Å². The Morgan fingerprint density at radius 1 is 0.892 bits per heavy atom. The first-order chi connectivity index (χ1) is 18.0. The van der Waals surface area contributed by atoms with E-state index >= 15 is 0 Å². The molecule has 1 aliphatic rings. The highest BCUT2D eigenvalue weighted by atomic mass is 16.6. The molecule has 0 bridgehead atoms. The topological polar surface area (TPSA) is 118 Å². The fourth-order valence-electron chi connectivity index (χ4n) is 3.93. The molecule has 4 rings (SSSR count). The number of nitrogens with zero attached hydrogens (tertiary/aromatic N) is 1. The van der Waals surface area contributed by atoms with Crippen LogP contribution in [-0.2, 0) is 18.9 Å². The second-order valence-corrected chi connectivity index (χ2v) is 8.15. The van der Waals surface area contributed by atoms with Crippen LogP contribution in [0.3, 0.4) is 0 Å². The molecular weight excluding hydrogens is 476 g/mol. The number of hydrogen-bond acceptors (Lipinski definition) is 7. The molecule has 3 aromatic rings. The number of primary amides is 1. The molecule has 0 aliphatic carbocycles. The molecule has 4 atom stereocenters. The van der Waals surface area contributed by atoms with Gasteiger partial charge in [0.05, 0.1) is 11.1 Å². The first-order valence-electron chi connectivity index (χ1n) is 11.5. The SMILES string of the molecule is C#CCO[C@H]1[C@@H](OC(=O)c2ccccc2)[C@H]([n+]2cccc(C(N)=O)c2)O[C@@H]1COC(=O)c1ccccc1. The maximum absolute atomic E-state index is 13.0. The third kappa shape index (κ3) is 6.19. The van der Waals surface area contributed by atoms with Gasteiger partial charge in [-0.15, -0.1) is 6.42 Å². The molecule has 0 radical (unpaired) electrons. The van der Waals surface area contributed by atoms with Crippen molar-refractivity contribution in [3.8, 4) is 12.3 Å². The Balaban J connectivity index is 1.63. The number of nitrogens with two attached hydrogens (primary N) is 1. The summed E-state index contributed by atoms with van der Waals surface area (Å²) in [6, 6.07) is 20.1. The minimum absolute atomic E-state index is 0.102. The van der Waals surface area contributed by atoms with E-state index < -0.39 is 42.4 Å². The molecule has 2 heterocycles. The lowest BCUT2D eigenvalue weighted by atomic mass is 10.1. The summed E-state index contributed by atoms with van der Waals surface area (Å²) in [6.07, 6.45) is 4.87. The van der Waals surface area contributed by atoms with Crippen molar-refractivity contribution < 1.29 is 37.9 Å². The third-order valence-corrected chi connectivity index (χ3v) is 5.69. The van der Waals surface area contributed by atoms with Gasteiger partial charge in [-0.05, 0) is 30.3 Å². The van der Waals surface area contributed by atoms with Crippen LogP contribution in [0, 0.1) is 12.3 Å². The number of benzene rings is 2. The van der Waals surface area contributed by atoms with E-state index in [2.05, 4.69) is 5.92 Å². The summed E-state index contributed by atoms with van der Waals surface area (Å²) in [5, 5.41) is 0. The molecule has 1 aliphatic heterocycles. The molecule has 1 fully saturated rings. The predicted molar refractivity (Wildman–Crippen MR) is 130 cm³/mol. The number of pyridine rings is 1. The average molecular weight is 502 g/mol. The normalized spacial score (nSPS) is 20.5.